The van der Waals surface area contributed by atoms with E-state index in [4.69, 9.17) is 27.5 Å². The van der Waals surface area contributed by atoms with E-state index in [2.05, 4.69) is 5.32 Å². The smallest absolute Gasteiger partial charge is 0.335 e. The lowest BCUT2D eigenvalue weighted by Gasteiger charge is -2.16. The summed E-state index contributed by atoms with van der Waals surface area (Å²) < 4.78 is 0. The summed E-state index contributed by atoms with van der Waals surface area (Å²) in [6.45, 7) is 0.602. The quantitative estimate of drug-likeness (QED) is 0.573. The van der Waals surface area contributed by atoms with Gasteiger partial charge in [0.05, 0.1) is 22.7 Å². The molecule has 0 aliphatic rings. The SMILES string of the molecule is NCC(CC(=O)O)c1ccc(Cl)c(NCc2cccc(C(=O)O)c2)c1. The first kappa shape index (κ1) is 18.8. The fourth-order valence-corrected chi connectivity index (χ4v) is 2.68. The van der Waals surface area contributed by atoms with E-state index in [1.165, 1.54) is 6.07 Å². The van der Waals surface area contributed by atoms with Crippen LogP contribution < -0.4 is 11.1 Å². The minimum absolute atomic E-state index is 0.0573. The third-order valence-electron chi connectivity index (χ3n) is 3.82. The van der Waals surface area contributed by atoms with Gasteiger partial charge in [-0.05, 0) is 41.9 Å². The Morgan fingerprint density at radius 3 is 2.56 bits per heavy atom. The molecule has 2 aromatic carbocycles. The van der Waals surface area contributed by atoms with Crippen LogP contribution in [0.3, 0.4) is 0 Å². The average molecular weight is 363 g/mol. The number of halogens is 1. The van der Waals surface area contributed by atoms with Crippen molar-refractivity contribution in [3.05, 3.63) is 64.2 Å². The van der Waals surface area contributed by atoms with Crippen LogP contribution in [-0.4, -0.2) is 28.7 Å². The van der Waals surface area contributed by atoms with Crippen molar-refractivity contribution in [3.63, 3.8) is 0 Å². The zero-order chi connectivity index (χ0) is 18.4. The van der Waals surface area contributed by atoms with E-state index in [1.807, 2.05) is 6.07 Å². The van der Waals surface area contributed by atoms with Gasteiger partial charge in [-0.2, -0.15) is 0 Å². The molecular weight excluding hydrogens is 344 g/mol. The summed E-state index contributed by atoms with van der Waals surface area (Å²) in [4.78, 5) is 22.0. The van der Waals surface area contributed by atoms with E-state index >= 15 is 0 Å². The average Bonchev–Trinajstić information content (AvgIpc) is 2.59. The van der Waals surface area contributed by atoms with Gasteiger partial charge in [-0.25, -0.2) is 4.79 Å². The molecule has 0 saturated heterocycles. The van der Waals surface area contributed by atoms with Crippen LogP contribution in [0.4, 0.5) is 5.69 Å². The van der Waals surface area contributed by atoms with Crippen molar-refractivity contribution in [1.29, 1.82) is 0 Å². The van der Waals surface area contributed by atoms with E-state index in [0.29, 0.717) is 17.3 Å². The lowest BCUT2D eigenvalue weighted by atomic mass is 9.95. The molecule has 7 heteroatoms. The molecule has 0 aliphatic carbocycles. The van der Waals surface area contributed by atoms with Crippen LogP contribution >= 0.6 is 11.6 Å². The number of aliphatic carboxylic acids is 1. The molecule has 0 bridgehead atoms. The summed E-state index contributed by atoms with van der Waals surface area (Å²) in [6, 6.07) is 11.8. The first-order chi connectivity index (χ1) is 11.9. The molecule has 0 heterocycles. The molecular formula is C18H19ClN2O4. The van der Waals surface area contributed by atoms with Crippen LogP contribution in [-0.2, 0) is 11.3 Å². The van der Waals surface area contributed by atoms with Crippen LogP contribution in [0, 0.1) is 0 Å². The number of carbonyl (C=O) groups is 2. The minimum Gasteiger partial charge on any atom is -0.481 e. The van der Waals surface area contributed by atoms with Crippen molar-refractivity contribution < 1.29 is 19.8 Å². The highest BCUT2D eigenvalue weighted by Gasteiger charge is 2.15. The highest BCUT2D eigenvalue weighted by molar-refractivity contribution is 6.33. The molecule has 2 aromatic rings. The molecule has 0 amide bonds. The normalized spacial score (nSPS) is 11.8. The Labute approximate surface area is 150 Å². The number of hydrogen-bond acceptors (Lipinski definition) is 4. The highest BCUT2D eigenvalue weighted by atomic mass is 35.5. The van der Waals surface area contributed by atoms with Crippen molar-refractivity contribution in [2.24, 2.45) is 5.73 Å². The van der Waals surface area contributed by atoms with Gasteiger partial charge in [0, 0.05) is 12.5 Å². The minimum atomic E-state index is -0.985. The lowest BCUT2D eigenvalue weighted by Crippen LogP contribution is -2.16. The Hall–Kier alpha value is -2.57. The molecule has 0 aliphatic heterocycles. The maximum atomic E-state index is 11.0. The van der Waals surface area contributed by atoms with Gasteiger partial charge in [0.25, 0.3) is 0 Å². The fraction of sp³-hybridized carbons (Fsp3) is 0.222. The molecule has 1 atom stereocenters. The van der Waals surface area contributed by atoms with Crippen molar-refractivity contribution in [3.8, 4) is 0 Å². The molecule has 2 rings (SSSR count). The second kappa shape index (κ2) is 8.50. The number of carboxylic acids is 2. The van der Waals surface area contributed by atoms with Crippen LogP contribution in [0.15, 0.2) is 42.5 Å². The zero-order valence-corrected chi connectivity index (χ0v) is 14.2. The van der Waals surface area contributed by atoms with Crippen LogP contribution in [0.25, 0.3) is 0 Å². The number of nitrogens with one attached hydrogen (secondary N) is 1. The monoisotopic (exact) mass is 362 g/mol. The van der Waals surface area contributed by atoms with Crippen LogP contribution in [0.5, 0.6) is 0 Å². The number of nitrogens with two attached hydrogens (primary N) is 1. The molecule has 0 aromatic heterocycles. The lowest BCUT2D eigenvalue weighted by molar-refractivity contribution is -0.137. The van der Waals surface area contributed by atoms with Gasteiger partial charge in [0.1, 0.15) is 0 Å². The Morgan fingerprint density at radius 2 is 1.92 bits per heavy atom. The first-order valence-corrected chi connectivity index (χ1v) is 8.06. The Morgan fingerprint density at radius 1 is 1.16 bits per heavy atom. The van der Waals surface area contributed by atoms with Gasteiger partial charge in [0.2, 0.25) is 0 Å². The topological polar surface area (TPSA) is 113 Å². The summed E-state index contributed by atoms with van der Waals surface area (Å²) in [7, 11) is 0. The molecule has 1 unspecified atom stereocenters. The Bertz CT molecular complexity index is 779. The second-order valence-corrected chi connectivity index (χ2v) is 6.04. The maximum Gasteiger partial charge on any atom is 0.335 e. The number of aromatic carboxylic acids is 1. The largest absolute Gasteiger partial charge is 0.481 e. The third kappa shape index (κ3) is 5.20. The number of benzene rings is 2. The van der Waals surface area contributed by atoms with E-state index in [-0.39, 0.29) is 24.4 Å². The van der Waals surface area contributed by atoms with Gasteiger partial charge in [-0.15, -0.1) is 0 Å². The summed E-state index contributed by atoms with van der Waals surface area (Å²) in [5.41, 5.74) is 8.11. The Balaban J connectivity index is 2.16. The first-order valence-electron chi connectivity index (χ1n) is 7.68. The second-order valence-electron chi connectivity index (χ2n) is 5.63. The Kier molecular flexibility index (Phi) is 6.38. The number of hydrogen-bond donors (Lipinski definition) is 4. The van der Waals surface area contributed by atoms with Crippen LogP contribution in [0.1, 0.15) is 33.8 Å². The summed E-state index contributed by atoms with van der Waals surface area (Å²) in [6.07, 6.45) is -0.0573. The molecule has 0 saturated carbocycles. The van der Waals surface area contributed by atoms with Crippen molar-refractivity contribution >= 4 is 29.2 Å². The van der Waals surface area contributed by atoms with Gasteiger partial charge >= 0.3 is 11.9 Å². The predicted octanol–water partition coefficient (Wildman–Crippen LogP) is 3.17. The molecule has 0 spiro atoms. The van der Waals surface area contributed by atoms with Crippen molar-refractivity contribution in [2.45, 2.75) is 18.9 Å². The van der Waals surface area contributed by atoms with Crippen molar-refractivity contribution in [1.82, 2.24) is 0 Å². The van der Waals surface area contributed by atoms with Gasteiger partial charge in [-0.1, -0.05) is 29.8 Å². The standard InChI is InChI=1S/C18H19ClN2O4/c19-15-5-4-12(14(9-20)8-17(22)23)7-16(15)21-10-11-2-1-3-13(6-11)18(24)25/h1-7,14,21H,8-10,20H2,(H,22,23)(H,24,25). The maximum absolute atomic E-state index is 11.0. The molecule has 5 N–H and O–H groups in total. The van der Waals surface area contributed by atoms with E-state index in [9.17, 15) is 9.59 Å². The van der Waals surface area contributed by atoms with E-state index in [1.54, 1.807) is 30.3 Å². The molecule has 0 fully saturated rings. The van der Waals surface area contributed by atoms with E-state index in [0.717, 1.165) is 11.1 Å². The number of carboxylic acid groups (broad SMARTS) is 2. The molecule has 6 nitrogen and oxygen atoms in total. The fourth-order valence-electron chi connectivity index (χ4n) is 2.49. The van der Waals surface area contributed by atoms with Gasteiger partial charge in [0.15, 0.2) is 0 Å². The molecule has 0 radical (unpaired) electrons. The van der Waals surface area contributed by atoms with Crippen molar-refractivity contribution in [2.75, 3.05) is 11.9 Å². The number of anilines is 1. The summed E-state index contributed by atoms with van der Waals surface area (Å²) in [5.74, 6) is -2.20. The predicted molar refractivity (Wildman–Crippen MR) is 96.2 cm³/mol. The van der Waals surface area contributed by atoms with Gasteiger partial charge < -0.3 is 21.3 Å². The van der Waals surface area contributed by atoms with E-state index < -0.39 is 11.9 Å². The summed E-state index contributed by atoms with van der Waals surface area (Å²) in [5, 5.41) is 21.7. The highest BCUT2D eigenvalue weighted by Crippen LogP contribution is 2.28. The zero-order valence-electron chi connectivity index (χ0n) is 13.4. The summed E-state index contributed by atoms with van der Waals surface area (Å²) >= 11 is 6.19. The van der Waals surface area contributed by atoms with Crippen LogP contribution in [0.2, 0.25) is 5.02 Å². The molecule has 25 heavy (non-hydrogen) atoms. The third-order valence-corrected chi connectivity index (χ3v) is 4.15. The molecule has 132 valence electrons. The van der Waals surface area contributed by atoms with Gasteiger partial charge in [-0.3, -0.25) is 4.79 Å². The number of rotatable bonds is 8.